The fourth-order valence-corrected chi connectivity index (χ4v) is 4.02. The van der Waals surface area contributed by atoms with Gasteiger partial charge in [-0.05, 0) is 42.5 Å². The predicted octanol–water partition coefficient (Wildman–Crippen LogP) is 3.88. The zero-order chi connectivity index (χ0) is 18.5. The van der Waals surface area contributed by atoms with Crippen LogP contribution in [0.2, 0.25) is 0 Å². The maximum atomic E-state index is 13.3. The van der Waals surface area contributed by atoms with Crippen LogP contribution < -0.4 is 5.32 Å². The number of aryl methyl sites for hydroxylation is 1. The highest BCUT2D eigenvalue weighted by Gasteiger charge is 2.15. The first-order valence-corrected chi connectivity index (χ1v) is 10.1. The third-order valence-corrected chi connectivity index (χ3v) is 5.65. The topological polar surface area (TPSA) is 59.8 Å². The average molecular weight is 391 g/mol. The summed E-state index contributed by atoms with van der Waals surface area (Å²) >= 11 is 2.97. The van der Waals surface area contributed by atoms with Crippen molar-refractivity contribution in [3.8, 4) is 10.7 Å². The van der Waals surface area contributed by atoms with Crippen LogP contribution in [0.5, 0.6) is 0 Å². The number of carbonyl (C=O) groups excluding carboxylic acids is 1. The molecule has 3 aromatic rings. The van der Waals surface area contributed by atoms with Crippen molar-refractivity contribution in [2.45, 2.75) is 32.1 Å². The maximum Gasteiger partial charge on any atom is 0.230 e. The van der Waals surface area contributed by atoms with Gasteiger partial charge in [-0.2, -0.15) is 0 Å². The maximum absolute atomic E-state index is 13.3. The van der Waals surface area contributed by atoms with Gasteiger partial charge < -0.3 is 9.88 Å². The number of aromatic nitrogens is 3. The molecule has 2 heterocycles. The van der Waals surface area contributed by atoms with Crippen LogP contribution in [0.4, 0.5) is 4.39 Å². The molecule has 0 atom stereocenters. The van der Waals surface area contributed by atoms with E-state index in [0.29, 0.717) is 12.1 Å². The van der Waals surface area contributed by atoms with Crippen LogP contribution in [0.3, 0.4) is 0 Å². The lowest BCUT2D eigenvalue weighted by Crippen LogP contribution is -2.24. The van der Waals surface area contributed by atoms with Crippen molar-refractivity contribution in [3.63, 3.8) is 0 Å². The fraction of sp³-hybridized carbons (Fsp3) is 0.278. The van der Waals surface area contributed by atoms with Gasteiger partial charge >= 0.3 is 0 Å². The molecule has 0 saturated heterocycles. The lowest BCUT2D eigenvalue weighted by atomic mass is 10.1. The Bertz CT molecular complexity index is 893. The molecule has 0 unspecified atom stereocenters. The molecular formula is C18H19FN4OS2. The number of amides is 1. The van der Waals surface area contributed by atoms with Crippen LogP contribution in [0.1, 0.15) is 18.1 Å². The van der Waals surface area contributed by atoms with Crippen molar-refractivity contribution in [2.75, 3.05) is 5.75 Å². The molecule has 3 rings (SSSR count). The molecular weight excluding hydrogens is 371 g/mol. The minimum Gasteiger partial charge on any atom is -0.351 e. The summed E-state index contributed by atoms with van der Waals surface area (Å²) < 4.78 is 15.3. The van der Waals surface area contributed by atoms with Crippen molar-refractivity contribution >= 4 is 29.0 Å². The third-order valence-electron chi connectivity index (χ3n) is 3.82. The van der Waals surface area contributed by atoms with E-state index >= 15 is 0 Å². The highest BCUT2D eigenvalue weighted by molar-refractivity contribution is 7.99. The van der Waals surface area contributed by atoms with Crippen molar-refractivity contribution in [1.29, 1.82) is 0 Å². The average Bonchev–Trinajstić information content (AvgIpc) is 3.29. The van der Waals surface area contributed by atoms with Gasteiger partial charge in [0.25, 0.3) is 0 Å². The molecule has 2 aromatic heterocycles. The molecule has 0 spiro atoms. The summed E-state index contributed by atoms with van der Waals surface area (Å²) in [5.41, 5.74) is 1.45. The lowest BCUT2D eigenvalue weighted by Gasteiger charge is -2.08. The smallest absolute Gasteiger partial charge is 0.230 e. The van der Waals surface area contributed by atoms with Crippen LogP contribution in [-0.4, -0.2) is 26.4 Å². The van der Waals surface area contributed by atoms with E-state index in [9.17, 15) is 9.18 Å². The Morgan fingerprint density at radius 3 is 2.88 bits per heavy atom. The third kappa shape index (κ3) is 4.31. The summed E-state index contributed by atoms with van der Waals surface area (Å²) in [4.78, 5) is 13.2. The Morgan fingerprint density at radius 2 is 2.19 bits per heavy atom. The largest absolute Gasteiger partial charge is 0.351 e. The number of hydrogen-bond donors (Lipinski definition) is 1. The van der Waals surface area contributed by atoms with Crippen molar-refractivity contribution < 1.29 is 9.18 Å². The summed E-state index contributed by atoms with van der Waals surface area (Å²) in [6, 6.07) is 8.82. The van der Waals surface area contributed by atoms with Crippen LogP contribution in [0, 0.1) is 12.7 Å². The first-order valence-electron chi connectivity index (χ1n) is 8.20. The monoisotopic (exact) mass is 390 g/mol. The van der Waals surface area contributed by atoms with Gasteiger partial charge in [-0.1, -0.05) is 30.0 Å². The number of thiophene rings is 1. The number of nitrogens with one attached hydrogen (secondary N) is 1. The van der Waals surface area contributed by atoms with Gasteiger partial charge in [0.15, 0.2) is 11.0 Å². The number of thioether (sulfide) groups is 1. The summed E-state index contributed by atoms with van der Waals surface area (Å²) in [5.74, 6) is 0.742. The molecule has 0 radical (unpaired) electrons. The second kappa shape index (κ2) is 8.46. The first-order chi connectivity index (χ1) is 12.6. The Labute approximate surface area is 159 Å². The summed E-state index contributed by atoms with van der Waals surface area (Å²) in [6.07, 6.45) is 0. The second-order valence-electron chi connectivity index (χ2n) is 5.68. The van der Waals surface area contributed by atoms with Crippen LogP contribution in [0.15, 0.2) is 40.9 Å². The molecule has 0 fully saturated rings. The minimum atomic E-state index is -0.240. The molecule has 0 saturated carbocycles. The Morgan fingerprint density at radius 1 is 1.35 bits per heavy atom. The van der Waals surface area contributed by atoms with Gasteiger partial charge in [-0.25, -0.2) is 4.39 Å². The quantitative estimate of drug-likeness (QED) is 0.622. The molecule has 1 N–H and O–H groups in total. The molecule has 8 heteroatoms. The molecule has 0 aliphatic rings. The molecule has 136 valence electrons. The summed E-state index contributed by atoms with van der Waals surface area (Å²) in [7, 11) is 0. The van der Waals surface area contributed by atoms with Gasteiger partial charge in [0.05, 0.1) is 10.6 Å². The normalized spacial score (nSPS) is 10.9. The number of rotatable bonds is 7. The van der Waals surface area contributed by atoms with E-state index in [1.165, 1.54) is 17.8 Å². The van der Waals surface area contributed by atoms with E-state index in [-0.39, 0.29) is 17.5 Å². The second-order valence-corrected chi connectivity index (χ2v) is 7.57. The van der Waals surface area contributed by atoms with Gasteiger partial charge in [0.2, 0.25) is 5.91 Å². The zero-order valence-electron chi connectivity index (χ0n) is 14.5. The van der Waals surface area contributed by atoms with E-state index in [0.717, 1.165) is 28.0 Å². The Balaban J connectivity index is 1.57. The van der Waals surface area contributed by atoms with Gasteiger partial charge in [-0.3, -0.25) is 4.79 Å². The standard InChI is InChI=1S/C18H19FN4OS2/c1-3-23-17(15-5-4-8-25-15)21-22-18(23)26-11-16(24)20-10-13-6-7-14(19)12(2)9-13/h4-9H,3,10-11H2,1-2H3,(H,20,24). The molecule has 0 aliphatic heterocycles. The highest BCUT2D eigenvalue weighted by atomic mass is 32.2. The molecule has 0 bridgehead atoms. The Kier molecular flexibility index (Phi) is 6.05. The van der Waals surface area contributed by atoms with E-state index in [4.69, 9.17) is 0 Å². The van der Waals surface area contributed by atoms with Crippen molar-refractivity contribution in [3.05, 3.63) is 52.7 Å². The molecule has 1 amide bonds. The SMILES string of the molecule is CCn1c(SCC(=O)NCc2ccc(F)c(C)c2)nnc1-c1cccs1. The van der Waals surface area contributed by atoms with Gasteiger partial charge in [0, 0.05) is 13.1 Å². The van der Waals surface area contributed by atoms with E-state index in [2.05, 4.69) is 15.5 Å². The first kappa shape index (κ1) is 18.6. The lowest BCUT2D eigenvalue weighted by molar-refractivity contribution is -0.118. The molecule has 0 aliphatic carbocycles. The number of benzene rings is 1. The number of hydrogen-bond acceptors (Lipinski definition) is 5. The molecule has 1 aromatic carbocycles. The van der Waals surface area contributed by atoms with Gasteiger partial charge in [0.1, 0.15) is 5.82 Å². The van der Waals surface area contributed by atoms with Gasteiger partial charge in [-0.15, -0.1) is 21.5 Å². The molecule has 5 nitrogen and oxygen atoms in total. The van der Waals surface area contributed by atoms with E-state index < -0.39 is 0 Å². The number of halogens is 1. The predicted molar refractivity (Wildman–Crippen MR) is 103 cm³/mol. The van der Waals surface area contributed by atoms with Crippen molar-refractivity contribution in [2.24, 2.45) is 0 Å². The summed E-state index contributed by atoms with van der Waals surface area (Å²) in [5, 5.41) is 14.0. The minimum absolute atomic E-state index is 0.0969. The highest BCUT2D eigenvalue weighted by Crippen LogP contribution is 2.27. The van der Waals surface area contributed by atoms with E-state index in [1.54, 1.807) is 30.4 Å². The van der Waals surface area contributed by atoms with Crippen LogP contribution >= 0.6 is 23.1 Å². The van der Waals surface area contributed by atoms with Crippen molar-refractivity contribution in [1.82, 2.24) is 20.1 Å². The molecule has 26 heavy (non-hydrogen) atoms. The van der Waals surface area contributed by atoms with Crippen LogP contribution in [0.25, 0.3) is 10.7 Å². The number of carbonyl (C=O) groups is 1. The number of nitrogens with zero attached hydrogens (tertiary/aromatic N) is 3. The Hall–Kier alpha value is -2.19. The zero-order valence-corrected chi connectivity index (χ0v) is 16.2. The van der Waals surface area contributed by atoms with Crippen LogP contribution in [-0.2, 0) is 17.9 Å². The summed E-state index contributed by atoms with van der Waals surface area (Å²) in [6.45, 7) is 4.85. The van der Waals surface area contributed by atoms with E-state index in [1.807, 2.05) is 29.0 Å². The fourth-order valence-electron chi connectivity index (χ4n) is 2.47.